The summed E-state index contributed by atoms with van der Waals surface area (Å²) in [5.41, 5.74) is 17.8. The Hall–Kier alpha value is -9.24. The van der Waals surface area contributed by atoms with Crippen molar-refractivity contribution in [3.8, 4) is 11.1 Å². The van der Waals surface area contributed by atoms with Gasteiger partial charge in [-0.2, -0.15) is 0 Å². The molecule has 0 fully saturated rings. The minimum atomic E-state index is -0.722. The van der Waals surface area contributed by atoms with E-state index in [4.69, 9.17) is 0 Å². The van der Waals surface area contributed by atoms with Crippen LogP contribution in [0, 0.1) is 0 Å². The Morgan fingerprint density at radius 2 is 0.458 bits per heavy atom. The summed E-state index contributed by atoms with van der Waals surface area (Å²) in [6.07, 6.45) is 0. The lowest BCUT2D eigenvalue weighted by Gasteiger charge is -2.49. The first-order valence-electron chi connectivity index (χ1n) is 25.0. The van der Waals surface area contributed by atoms with E-state index >= 15 is 0 Å². The van der Waals surface area contributed by atoms with Gasteiger partial charge in [-0.1, -0.05) is 218 Å². The Kier molecular flexibility index (Phi) is 9.69. The predicted octanol–water partition coefficient (Wildman–Crippen LogP) is 18.0. The third kappa shape index (κ3) is 6.09. The third-order valence-electron chi connectivity index (χ3n) is 15.5. The molecule has 0 aromatic heterocycles. The van der Waals surface area contributed by atoms with Crippen LogP contribution in [0.1, 0.15) is 44.5 Å². The lowest BCUT2D eigenvalue weighted by Crippen LogP contribution is -2.39. The van der Waals surface area contributed by atoms with Gasteiger partial charge in [-0.05, 0) is 150 Å². The van der Waals surface area contributed by atoms with Gasteiger partial charge >= 0.3 is 0 Å². The highest BCUT2D eigenvalue weighted by Gasteiger charge is 2.52. The molecule has 338 valence electrons. The van der Waals surface area contributed by atoms with Crippen molar-refractivity contribution in [2.75, 3.05) is 9.80 Å². The van der Waals surface area contributed by atoms with E-state index < -0.39 is 10.8 Å². The summed E-state index contributed by atoms with van der Waals surface area (Å²) in [4.78, 5) is 4.85. The van der Waals surface area contributed by atoms with Crippen molar-refractivity contribution in [3.63, 3.8) is 0 Å². The fourth-order valence-corrected chi connectivity index (χ4v) is 12.7. The molecule has 72 heavy (non-hydrogen) atoms. The van der Waals surface area contributed by atoms with Crippen LogP contribution < -0.4 is 9.80 Å². The molecule has 2 aliphatic rings. The summed E-state index contributed by atoms with van der Waals surface area (Å²) in [7, 11) is 0. The van der Waals surface area contributed by atoms with E-state index in [1.807, 2.05) is 0 Å². The number of anilines is 6. The third-order valence-corrected chi connectivity index (χ3v) is 15.5. The van der Waals surface area contributed by atoms with Gasteiger partial charge in [0, 0.05) is 34.1 Å². The van der Waals surface area contributed by atoms with Crippen LogP contribution in [-0.4, -0.2) is 0 Å². The van der Waals surface area contributed by atoms with Crippen molar-refractivity contribution in [3.05, 3.63) is 336 Å². The van der Waals surface area contributed by atoms with Crippen molar-refractivity contribution in [2.45, 2.75) is 10.8 Å². The second-order valence-corrected chi connectivity index (χ2v) is 19.1. The summed E-state index contributed by atoms with van der Waals surface area (Å²) < 4.78 is 0. The summed E-state index contributed by atoms with van der Waals surface area (Å²) in [6.45, 7) is 0. The molecule has 2 aliphatic carbocycles. The minimum Gasteiger partial charge on any atom is -0.310 e. The number of para-hydroxylation sites is 4. The molecule has 2 heteroatoms. The SMILES string of the molecule is c1ccc(N(c2ccccc2)c2cc3c4c5c(ccc4c2)C(c2ccccc2)(c2ccccc2)c2cc(N(c4ccccc4)c4ccccc4)cc4ccc(c-5c24)C3(c2ccccc2)c2ccccc2)cc1. The molecule has 0 unspecified atom stereocenters. The van der Waals surface area contributed by atoms with Gasteiger partial charge in [-0.15, -0.1) is 0 Å². The molecule has 2 nitrogen and oxygen atoms in total. The molecule has 0 amide bonds. The van der Waals surface area contributed by atoms with E-state index in [9.17, 15) is 0 Å². The smallest absolute Gasteiger partial charge is 0.0714 e. The lowest BCUT2D eigenvalue weighted by atomic mass is 9.53. The second-order valence-electron chi connectivity index (χ2n) is 19.1. The molecule has 0 bridgehead atoms. The van der Waals surface area contributed by atoms with E-state index in [1.165, 1.54) is 77.2 Å². The van der Waals surface area contributed by atoms with E-state index in [0.29, 0.717) is 0 Å². The molecular formula is C70H48N2. The topological polar surface area (TPSA) is 6.48 Å². The highest BCUT2D eigenvalue weighted by atomic mass is 15.1. The van der Waals surface area contributed by atoms with Crippen LogP contribution in [0.2, 0.25) is 0 Å². The zero-order valence-electron chi connectivity index (χ0n) is 39.6. The maximum atomic E-state index is 2.53. The molecule has 0 N–H and O–H groups in total. The molecule has 0 saturated carbocycles. The van der Waals surface area contributed by atoms with Crippen molar-refractivity contribution < 1.29 is 0 Å². The van der Waals surface area contributed by atoms with Gasteiger partial charge < -0.3 is 9.80 Å². The number of benzene rings is 12. The number of nitrogens with zero attached hydrogens (tertiary/aromatic N) is 2. The van der Waals surface area contributed by atoms with Gasteiger partial charge in [0.1, 0.15) is 0 Å². The Balaban J connectivity index is 1.20. The maximum absolute atomic E-state index is 2.53. The zero-order chi connectivity index (χ0) is 47.6. The van der Waals surface area contributed by atoms with E-state index in [2.05, 4.69) is 301 Å². The van der Waals surface area contributed by atoms with Crippen LogP contribution in [-0.2, 0) is 10.8 Å². The van der Waals surface area contributed by atoms with Gasteiger partial charge in [0.2, 0.25) is 0 Å². The molecule has 0 heterocycles. The molecule has 0 saturated heterocycles. The van der Waals surface area contributed by atoms with Gasteiger partial charge in [0.05, 0.1) is 10.8 Å². The average molecular weight is 917 g/mol. The number of hydrogen-bond acceptors (Lipinski definition) is 2. The molecule has 0 radical (unpaired) electrons. The minimum absolute atomic E-state index is 0.722. The summed E-state index contributed by atoms with van der Waals surface area (Å²) in [6, 6.07) is 108. The van der Waals surface area contributed by atoms with Crippen molar-refractivity contribution in [1.82, 2.24) is 0 Å². The van der Waals surface area contributed by atoms with E-state index in [1.54, 1.807) is 0 Å². The van der Waals surface area contributed by atoms with Crippen LogP contribution in [0.4, 0.5) is 34.1 Å². The number of hydrogen-bond donors (Lipinski definition) is 0. The van der Waals surface area contributed by atoms with Crippen LogP contribution in [0.5, 0.6) is 0 Å². The van der Waals surface area contributed by atoms with E-state index in [-0.39, 0.29) is 0 Å². The van der Waals surface area contributed by atoms with Crippen molar-refractivity contribution in [1.29, 1.82) is 0 Å². The van der Waals surface area contributed by atoms with Gasteiger partial charge in [0.25, 0.3) is 0 Å². The molecular weight excluding hydrogens is 869 g/mol. The Morgan fingerprint density at radius 3 is 0.722 bits per heavy atom. The maximum Gasteiger partial charge on any atom is 0.0714 e. The Morgan fingerprint density at radius 1 is 0.208 bits per heavy atom. The largest absolute Gasteiger partial charge is 0.310 e. The first-order valence-corrected chi connectivity index (χ1v) is 25.0. The highest BCUT2D eigenvalue weighted by molar-refractivity contribution is 6.18. The lowest BCUT2D eigenvalue weighted by molar-refractivity contribution is 0.729. The fourth-order valence-electron chi connectivity index (χ4n) is 12.7. The Bertz CT molecular complexity index is 3520. The number of rotatable bonds is 10. The molecule has 14 rings (SSSR count). The van der Waals surface area contributed by atoms with Crippen LogP contribution in [0.25, 0.3) is 32.7 Å². The van der Waals surface area contributed by atoms with E-state index in [0.717, 1.165) is 34.1 Å². The highest BCUT2D eigenvalue weighted by Crippen LogP contribution is 2.65. The van der Waals surface area contributed by atoms with Gasteiger partial charge in [0.15, 0.2) is 0 Å². The molecule has 0 spiro atoms. The molecule has 0 aliphatic heterocycles. The summed E-state index contributed by atoms with van der Waals surface area (Å²) in [5.74, 6) is 0. The monoisotopic (exact) mass is 916 g/mol. The van der Waals surface area contributed by atoms with Gasteiger partial charge in [-0.3, -0.25) is 0 Å². The Labute approximate surface area is 421 Å². The van der Waals surface area contributed by atoms with Crippen molar-refractivity contribution in [2.24, 2.45) is 0 Å². The predicted molar refractivity (Wildman–Crippen MR) is 300 cm³/mol. The van der Waals surface area contributed by atoms with Crippen molar-refractivity contribution >= 4 is 55.7 Å². The molecule has 0 atom stereocenters. The van der Waals surface area contributed by atoms with Crippen LogP contribution >= 0.6 is 0 Å². The first kappa shape index (κ1) is 41.7. The van der Waals surface area contributed by atoms with Crippen LogP contribution in [0.15, 0.2) is 291 Å². The normalized spacial score (nSPS) is 13.5. The van der Waals surface area contributed by atoms with Gasteiger partial charge in [-0.25, -0.2) is 0 Å². The average Bonchev–Trinajstić information content (AvgIpc) is 3.47. The summed E-state index contributed by atoms with van der Waals surface area (Å²) in [5, 5.41) is 4.97. The first-order chi connectivity index (χ1) is 35.7. The fraction of sp³-hybridized carbons (Fsp3) is 0.0286. The second kappa shape index (κ2) is 16.7. The summed E-state index contributed by atoms with van der Waals surface area (Å²) >= 11 is 0. The quantitative estimate of drug-likeness (QED) is 0.135. The molecule has 12 aromatic carbocycles. The van der Waals surface area contributed by atoms with Crippen LogP contribution in [0.3, 0.4) is 0 Å². The zero-order valence-corrected chi connectivity index (χ0v) is 39.6. The molecule has 12 aromatic rings. The standard InChI is InChI=1S/C70H48N2/c1-9-25-51(26-10-1)69(52-27-11-2-12-28-52)61-43-41-50-46-60(72(57-37-21-7-22-38-57)58-39-23-8-24-40-58)48-64-66(50)67(61)68-62(70(64,53-29-13-3-14-30-53)54-31-15-4-16-32-54)44-42-49-45-59(47-63(69)65(49)68)71(55-33-17-5-18-34-55)56-35-19-6-20-36-56/h1-48H.